The third-order valence-electron chi connectivity index (χ3n) is 4.33. The van der Waals surface area contributed by atoms with Gasteiger partial charge in [0.25, 0.3) is 11.6 Å². The summed E-state index contributed by atoms with van der Waals surface area (Å²) in [6.45, 7) is 2.51. The zero-order chi connectivity index (χ0) is 21.0. The Bertz CT molecular complexity index is 1030. The van der Waals surface area contributed by atoms with Gasteiger partial charge in [-0.1, -0.05) is 23.7 Å². The second-order valence-corrected chi connectivity index (χ2v) is 6.85. The molecule has 0 aliphatic carbocycles. The van der Waals surface area contributed by atoms with Crippen molar-refractivity contribution in [3.63, 3.8) is 0 Å². The number of nitro benzene ring substituents is 1. The number of hydrogen-bond donors (Lipinski definition) is 1. The number of ether oxygens (including phenoxy) is 1. The maximum Gasteiger partial charge on any atom is 0.271 e. The molecule has 1 N–H and O–H groups in total. The summed E-state index contributed by atoms with van der Waals surface area (Å²) in [5.41, 5.74) is 3.07. The fraction of sp³-hybridized carbons (Fsp3) is 0.200. The first-order valence-electron chi connectivity index (χ1n) is 8.77. The van der Waals surface area contributed by atoms with Crippen LogP contribution in [0, 0.1) is 17.0 Å². The predicted molar refractivity (Wildman–Crippen MR) is 108 cm³/mol. The molecule has 3 aromatic rings. The molecule has 3 rings (SSSR count). The molecule has 1 heterocycles. The van der Waals surface area contributed by atoms with Crippen LogP contribution in [-0.2, 0) is 20.2 Å². The van der Waals surface area contributed by atoms with Gasteiger partial charge in [-0.3, -0.25) is 19.6 Å². The van der Waals surface area contributed by atoms with E-state index in [2.05, 4.69) is 10.4 Å². The van der Waals surface area contributed by atoms with Crippen LogP contribution >= 0.6 is 11.6 Å². The van der Waals surface area contributed by atoms with Crippen molar-refractivity contribution in [3.8, 4) is 5.75 Å². The van der Waals surface area contributed by atoms with E-state index >= 15 is 0 Å². The first-order valence-corrected chi connectivity index (χ1v) is 9.14. The van der Waals surface area contributed by atoms with Gasteiger partial charge in [0.2, 0.25) is 0 Å². The second-order valence-electron chi connectivity index (χ2n) is 6.44. The number of rotatable bonds is 7. The zero-order valence-electron chi connectivity index (χ0n) is 15.9. The molecule has 0 fully saturated rings. The Hall–Kier alpha value is -3.39. The van der Waals surface area contributed by atoms with Crippen LogP contribution in [0.4, 0.5) is 5.69 Å². The number of non-ortho nitro benzene ring substituents is 1. The van der Waals surface area contributed by atoms with E-state index in [0.717, 1.165) is 17.0 Å². The molecule has 8 nitrogen and oxygen atoms in total. The molecule has 0 saturated heterocycles. The minimum Gasteiger partial charge on any atom is -0.487 e. The van der Waals surface area contributed by atoms with E-state index in [4.69, 9.17) is 16.3 Å². The summed E-state index contributed by atoms with van der Waals surface area (Å²) in [6, 6.07) is 12.9. The first-order chi connectivity index (χ1) is 13.8. The quantitative estimate of drug-likeness (QED) is 0.468. The van der Waals surface area contributed by atoms with Gasteiger partial charge in [-0.05, 0) is 36.8 Å². The highest BCUT2D eigenvalue weighted by Crippen LogP contribution is 2.29. The normalized spacial score (nSPS) is 10.6. The summed E-state index contributed by atoms with van der Waals surface area (Å²) >= 11 is 6.01. The number of hydrogen-bond acceptors (Lipinski definition) is 5. The molecule has 0 atom stereocenters. The molecule has 0 spiro atoms. The number of nitrogens with zero attached hydrogens (tertiary/aromatic N) is 3. The fourth-order valence-corrected chi connectivity index (χ4v) is 2.86. The van der Waals surface area contributed by atoms with Crippen molar-refractivity contribution in [2.75, 3.05) is 0 Å². The molecule has 2 aromatic carbocycles. The number of carbonyl (C=O) groups is 1. The molecule has 1 amide bonds. The summed E-state index contributed by atoms with van der Waals surface area (Å²) in [4.78, 5) is 22.5. The summed E-state index contributed by atoms with van der Waals surface area (Å²) in [6.07, 6.45) is 0. The number of carbonyl (C=O) groups excluding carboxylic acids is 1. The second kappa shape index (κ2) is 8.74. The topological polar surface area (TPSA) is 99.3 Å². The Morgan fingerprint density at radius 1 is 1.24 bits per heavy atom. The molecule has 0 radical (unpaired) electrons. The van der Waals surface area contributed by atoms with E-state index < -0.39 is 4.92 Å². The Morgan fingerprint density at radius 3 is 2.55 bits per heavy atom. The van der Waals surface area contributed by atoms with E-state index in [1.54, 1.807) is 28.9 Å². The Labute approximate surface area is 172 Å². The number of aromatic nitrogens is 2. The molecule has 0 unspecified atom stereocenters. The molecule has 0 bridgehead atoms. The average Bonchev–Trinajstić information content (AvgIpc) is 3.03. The molecular formula is C20H19ClN4O4. The summed E-state index contributed by atoms with van der Waals surface area (Å²) < 4.78 is 7.37. The highest BCUT2D eigenvalue weighted by Gasteiger charge is 2.11. The Morgan fingerprint density at radius 2 is 1.97 bits per heavy atom. The molecular weight excluding hydrogens is 396 g/mol. The van der Waals surface area contributed by atoms with Crippen molar-refractivity contribution in [2.45, 2.75) is 20.1 Å². The molecule has 29 heavy (non-hydrogen) atoms. The third-order valence-corrected chi connectivity index (χ3v) is 4.63. The molecule has 0 aliphatic heterocycles. The van der Waals surface area contributed by atoms with Crippen molar-refractivity contribution in [1.29, 1.82) is 0 Å². The van der Waals surface area contributed by atoms with Gasteiger partial charge in [0.15, 0.2) is 0 Å². The SMILES string of the molecule is Cc1cc(CNC(=O)c2ccc(COc3ccc([N+](=O)[O-])cc3Cl)cc2)nn1C. The van der Waals surface area contributed by atoms with Gasteiger partial charge in [-0.25, -0.2) is 0 Å². The highest BCUT2D eigenvalue weighted by atomic mass is 35.5. The van der Waals surface area contributed by atoms with Crippen molar-refractivity contribution in [1.82, 2.24) is 15.1 Å². The maximum absolute atomic E-state index is 12.3. The standard InChI is InChI=1S/C20H19ClN4O4/c1-13-9-16(23-24(13)2)11-22-20(26)15-5-3-14(4-6-15)12-29-19-8-7-17(25(27)28)10-18(19)21/h3-10H,11-12H2,1-2H3,(H,22,26). The van der Waals surface area contributed by atoms with Crippen LogP contribution < -0.4 is 10.1 Å². The monoisotopic (exact) mass is 414 g/mol. The van der Waals surface area contributed by atoms with Gasteiger partial charge in [0, 0.05) is 30.4 Å². The number of amides is 1. The van der Waals surface area contributed by atoms with E-state index in [-0.39, 0.29) is 23.2 Å². The van der Waals surface area contributed by atoms with Gasteiger partial charge in [0.05, 0.1) is 22.2 Å². The lowest BCUT2D eigenvalue weighted by Gasteiger charge is -2.09. The molecule has 150 valence electrons. The molecule has 9 heteroatoms. The number of benzene rings is 2. The largest absolute Gasteiger partial charge is 0.487 e. The highest BCUT2D eigenvalue weighted by molar-refractivity contribution is 6.32. The van der Waals surface area contributed by atoms with Crippen molar-refractivity contribution in [3.05, 3.63) is 86.2 Å². The molecule has 0 saturated carbocycles. The molecule has 0 aliphatic rings. The summed E-state index contributed by atoms with van der Waals surface area (Å²) in [5, 5.41) is 18.0. The van der Waals surface area contributed by atoms with Crippen LogP contribution in [0.5, 0.6) is 5.75 Å². The number of nitro groups is 1. The van der Waals surface area contributed by atoms with Crippen molar-refractivity contribution >= 4 is 23.2 Å². The van der Waals surface area contributed by atoms with Crippen molar-refractivity contribution < 1.29 is 14.5 Å². The van der Waals surface area contributed by atoms with Gasteiger partial charge < -0.3 is 10.1 Å². The first kappa shape index (κ1) is 20.3. The predicted octanol–water partition coefficient (Wildman–Crippen LogP) is 3.80. The maximum atomic E-state index is 12.3. The van der Waals surface area contributed by atoms with E-state index in [1.165, 1.54) is 18.2 Å². The van der Waals surface area contributed by atoms with Crippen molar-refractivity contribution in [2.24, 2.45) is 7.05 Å². The minimum absolute atomic E-state index is 0.0985. The minimum atomic E-state index is -0.519. The Kier molecular flexibility index (Phi) is 6.13. The van der Waals surface area contributed by atoms with Gasteiger partial charge in [-0.2, -0.15) is 5.10 Å². The zero-order valence-corrected chi connectivity index (χ0v) is 16.6. The molecule has 1 aromatic heterocycles. The smallest absolute Gasteiger partial charge is 0.271 e. The van der Waals surface area contributed by atoms with E-state index in [1.807, 2.05) is 20.0 Å². The number of nitrogens with one attached hydrogen (secondary N) is 1. The lowest BCUT2D eigenvalue weighted by Crippen LogP contribution is -2.23. The van der Waals surface area contributed by atoms with Gasteiger partial charge >= 0.3 is 0 Å². The summed E-state index contributed by atoms with van der Waals surface area (Å²) in [5.74, 6) is 0.156. The third kappa shape index (κ3) is 5.11. The fourth-order valence-electron chi connectivity index (χ4n) is 2.63. The number of halogens is 1. The Balaban J connectivity index is 1.55. The van der Waals surface area contributed by atoms with Crippen LogP contribution in [-0.4, -0.2) is 20.6 Å². The van der Waals surface area contributed by atoms with Gasteiger partial charge in [0.1, 0.15) is 12.4 Å². The lowest BCUT2D eigenvalue weighted by atomic mass is 10.1. The van der Waals surface area contributed by atoms with Crippen LogP contribution in [0.2, 0.25) is 5.02 Å². The number of aryl methyl sites for hydroxylation is 2. The van der Waals surface area contributed by atoms with E-state index in [0.29, 0.717) is 17.9 Å². The van der Waals surface area contributed by atoms with E-state index in [9.17, 15) is 14.9 Å². The van der Waals surface area contributed by atoms with Crippen LogP contribution in [0.3, 0.4) is 0 Å². The van der Waals surface area contributed by atoms with Crippen LogP contribution in [0.1, 0.15) is 27.3 Å². The average molecular weight is 415 g/mol. The van der Waals surface area contributed by atoms with Crippen LogP contribution in [0.15, 0.2) is 48.5 Å². The lowest BCUT2D eigenvalue weighted by molar-refractivity contribution is -0.384. The summed E-state index contributed by atoms with van der Waals surface area (Å²) in [7, 11) is 1.85. The van der Waals surface area contributed by atoms with Gasteiger partial charge in [-0.15, -0.1) is 0 Å². The van der Waals surface area contributed by atoms with Crippen LogP contribution in [0.25, 0.3) is 0 Å².